The summed E-state index contributed by atoms with van der Waals surface area (Å²) in [4.78, 5) is 26.6. The van der Waals surface area contributed by atoms with E-state index in [9.17, 15) is 9.59 Å². The van der Waals surface area contributed by atoms with Gasteiger partial charge in [-0.05, 0) is 38.0 Å². The maximum atomic E-state index is 12.8. The van der Waals surface area contributed by atoms with Gasteiger partial charge < -0.3 is 23.8 Å². The summed E-state index contributed by atoms with van der Waals surface area (Å²) < 4.78 is 16.1. The topological polar surface area (TPSA) is 84.9 Å². The van der Waals surface area contributed by atoms with Gasteiger partial charge in [-0.3, -0.25) is 9.59 Å². The van der Waals surface area contributed by atoms with E-state index < -0.39 is 0 Å². The number of ether oxygens (including phenoxy) is 1. The molecule has 0 unspecified atom stereocenters. The second-order valence-electron chi connectivity index (χ2n) is 6.38. The Morgan fingerprint density at radius 2 is 2.15 bits per heavy atom. The number of hydrogen-bond acceptors (Lipinski definition) is 5. The standard InChI is InChI=1S/C19H24N2O5/c1-14-17(7-11-24-14)19(23)21(13-16-5-3-10-26-16)8-6-18(22)20-12-15-4-2-9-25-15/h2,4,7,9,11,16H,3,5-6,8,10,12-13H2,1H3,(H,20,22)/t16-/m0/s1. The molecule has 26 heavy (non-hydrogen) atoms. The average Bonchev–Trinajstić information content (AvgIpc) is 3.38. The average molecular weight is 360 g/mol. The quantitative estimate of drug-likeness (QED) is 0.782. The molecule has 0 saturated carbocycles. The fourth-order valence-electron chi connectivity index (χ4n) is 3.01. The summed E-state index contributed by atoms with van der Waals surface area (Å²) in [5.74, 6) is 1.01. The first-order chi connectivity index (χ1) is 12.6. The van der Waals surface area contributed by atoms with Crippen LogP contribution in [0.25, 0.3) is 0 Å². The first kappa shape index (κ1) is 18.3. The van der Waals surface area contributed by atoms with E-state index in [0.29, 0.717) is 36.7 Å². The molecule has 1 aliphatic rings. The number of amides is 2. The van der Waals surface area contributed by atoms with Gasteiger partial charge in [0.05, 0.1) is 30.7 Å². The minimum absolute atomic E-state index is 0.0253. The Morgan fingerprint density at radius 3 is 2.81 bits per heavy atom. The fraction of sp³-hybridized carbons (Fsp3) is 0.474. The van der Waals surface area contributed by atoms with Crippen LogP contribution in [0, 0.1) is 6.92 Å². The fourth-order valence-corrected chi connectivity index (χ4v) is 3.01. The number of carbonyl (C=O) groups excluding carboxylic acids is 2. The van der Waals surface area contributed by atoms with Crippen LogP contribution in [0.15, 0.2) is 39.6 Å². The molecule has 1 fully saturated rings. The molecular weight excluding hydrogens is 336 g/mol. The third-order valence-corrected chi connectivity index (χ3v) is 4.47. The van der Waals surface area contributed by atoms with Gasteiger partial charge in [-0.1, -0.05) is 0 Å². The van der Waals surface area contributed by atoms with Gasteiger partial charge in [-0.25, -0.2) is 0 Å². The van der Waals surface area contributed by atoms with Crippen LogP contribution in [0.5, 0.6) is 0 Å². The molecule has 0 radical (unpaired) electrons. The lowest BCUT2D eigenvalue weighted by Gasteiger charge is -2.25. The normalized spacial score (nSPS) is 16.6. The maximum absolute atomic E-state index is 12.8. The number of nitrogens with zero attached hydrogens (tertiary/aromatic N) is 1. The van der Waals surface area contributed by atoms with E-state index in [1.807, 2.05) is 0 Å². The Bertz CT molecular complexity index is 716. The van der Waals surface area contributed by atoms with Crippen molar-refractivity contribution >= 4 is 11.8 Å². The second kappa shape index (κ2) is 8.71. The van der Waals surface area contributed by atoms with Crippen molar-refractivity contribution in [1.82, 2.24) is 10.2 Å². The molecule has 7 nitrogen and oxygen atoms in total. The summed E-state index contributed by atoms with van der Waals surface area (Å²) in [5, 5.41) is 2.80. The Labute approximate surface area is 152 Å². The molecule has 2 aromatic heterocycles. The summed E-state index contributed by atoms with van der Waals surface area (Å²) in [6.45, 7) is 3.63. The minimum atomic E-state index is -0.134. The molecule has 3 heterocycles. The highest BCUT2D eigenvalue weighted by atomic mass is 16.5. The Kier molecular flexibility index (Phi) is 6.12. The third-order valence-electron chi connectivity index (χ3n) is 4.47. The van der Waals surface area contributed by atoms with E-state index in [-0.39, 0.29) is 24.3 Å². The van der Waals surface area contributed by atoms with Crippen LogP contribution >= 0.6 is 0 Å². The molecule has 2 amide bonds. The number of furan rings is 2. The van der Waals surface area contributed by atoms with Crippen molar-refractivity contribution in [3.63, 3.8) is 0 Å². The molecule has 0 aromatic carbocycles. The summed E-state index contributed by atoms with van der Waals surface area (Å²) in [7, 11) is 0. The van der Waals surface area contributed by atoms with Gasteiger partial charge in [0.2, 0.25) is 5.91 Å². The molecule has 0 aliphatic carbocycles. The lowest BCUT2D eigenvalue weighted by atomic mass is 10.1. The molecule has 2 aromatic rings. The third kappa shape index (κ3) is 4.76. The lowest BCUT2D eigenvalue weighted by Crippen LogP contribution is -2.40. The number of nitrogens with one attached hydrogen (secondary N) is 1. The van der Waals surface area contributed by atoms with Crippen LogP contribution < -0.4 is 5.32 Å². The molecule has 1 atom stereocenters. The number of carbonyl (C=O) groups is 2. The molecule has 1 N–H and O–H groups in total. The van der Waals surface area contributed by atoms with Crippen LogP contribution in [-0.2, 0) is 16.1 Å². The molecule has 3 rings (SSSR count). The minimum Gasteiger partial charge on any atom is -0.469 e. The van der Waals surface area contributed by atoms with E-state index in [1.54, 1.807) is 36.3 Å². The lowest BCUT2D eigenvalue weighted by molar-refractivity contribution is -0.121. The van der Waals surface area contributed by atoms with Crippen molar-refractivity contribution < 1.29 is 23.2 Å². The van der Waals surface area contributed by atoms with Crippen LogP contribution in [-0.4, -0.2) is 42.5 Å². The van der Waals surface area contributed by atoms with Crippen LogP contribution in [0.3, 0.4) is 0 Å². The zero-order valence-electron chi connectivity index (χ0n) is 14.9. The van der Waals surface area contributed by atoms with Crippen molar-refractivity contribution in [2.45, 2.75) is 38.8 Å². The van der Waals surface area contributed by atoms with E-state index in [2.05, 4.69) is 5.32 Å². The van der Waals surface area contributed by atoms with Crippen molar-refractivity contribution in [3.05, 3.63) is 47.8 Å². The highest BCUT2D eigenvalue weighted by Crippen LogP contribution is 2.17. The predicted octanol–water partition coefficient (Wildman–Crippen LogP) is 2.51. The smallest absolute Gasteiger partial charge is 0.257 e. The molecule has 0 spiro atoms. The summed E-state index contributed by atoms with van der Waals surface area (Å²) in [6, 6.07) is 5.24. The van der Waals surface area contributed by atoms with Gasteiger partial charge in [0.15, 0.2) is 0 Å². The van der Waals surface area contributed by atoms with Crippen LogP contribution in [0.2, 0.25) is 0 Å². The Balaban J connectivity index is 1.56. The highest BCUT2D eigenvalue weighted by molar-refractivity contribution is 5.95. The van der Waals surface area contributed by atoms with Crippen molar-refractivity contribution in [2.24, 2.45) is 0 Å². The zero-order chi connectivity index (χ0) is 18.4. The predicted molar refractivity (Wildman–Crippen MR) is 93.5 cm³/mol. The molecule has 140 valence electrons. The van der Waals surface area contributed by atoms with Gasteiger partial charge in [-0.15, -0.1) is 0 Å². The van der Waals surface area contributed by atoms with Crippen LogP contribution in [0.4, 0.5) is 0 Å². The largest absolute Gasteiger partial charge is 0.469 e. The monoisotopic (exact) mass is 360 g/mol. The summed E-state index contributed by atoms with van der Waals surface area (Å²) >= 11 is 0. The molecule has 1 aliphatic heterocycles. The maximum Gasteiger partial charge on any atom is 0.257 e. The van der Waals surface area contributed by atoms with E-state index in [4.69, 9.17) is 13.6 Å². The number of aryl methyl sites for hydroxylation is 1. The van der Waals surface area contributed by atoms with Gasteiger partial charge in [0, 0.05) is 26.1 Å². The van der Waals surface area contributed by atoms with E-state index >= 15 is 0 Å². The molecule has 0 bridgehead atoms. The van der Waals surface area contributed by atoms with Crippen LogP contribution in [0.1, 0.15) is 41.1 Å². The van der Waals surface area contributed by atoms with E-state index in [1.165, 1.54) is 6.26 Å². The van der Waals surface area contributed by atoms with Gasteiger partial charge >= 0.3 is 0 Å². The Hall–Kier alpha value is -2.54. The van der Waals surface area contributed by atoms with Gasteiger partial charge in [-0.2, -0.15) is 0 Å². The summed E-state index contributed by atoms with van der Waals surface area (Å²) in [6.07, 6.45) is 5.24. The van der Waals surface area contributed by atoms with Crippen molar-refractivity contribution in [1.29, 1.82) is 0 Å². The first-order valence-corrected chi connectivity index (χ1v) is 8.87. The molecule has 1 saturated heterocycles. The van der Waals surface area contributed by atoms with Gasteiger partial charge in [0.1, 0.15) is 11.5 Å². The number of hydrogen-bond donors (Lipinski definition) is 1. The number of rotatable bonds is 8. The highest BCUT2D eigenvalue weighted by Gasteiger charge is 2.25. The van der Waals surface area contributed by atoms with Crippen molar-refractivity contribution in [2.75, 3.05) is 19.7 Å². The molecular formula is C19H24N2O5. The first-order valence-electron chi connectivity index (χ1n) is 8.87. The van der Waals surface area contributed by atoms with Crippen molar-refractivity contribution in [3.8, 4) is 0 Å². The second-order valence-corrected chi connectivity index (χ2v) is 6.38. The SMILES string of the molecule is Cc1occc1C(=O)N(CCC(=O)NCc1ccco1)C[C@@H]1CCCO1. The summed E-state index contributed by atoms with van der Waals surface area (Å²) in [5.41, 5.74) is 0.527. The van der Waals surface area contributed by atoms with E-state index in [0.717, 1.165) is 19.4 Å². The molecule has 7 heteroatoms. The Morgan fingerprint density at radius 1 is 1.27 bits per heavy atom. The van der Waals surface area contributed by atoms with Gasteiger partial charge in [0.25, 0.3) is 5.91 Å². The zero-order valence-corrected chi connectivity index (χ0v) is 14.9.